The lowest BCUT2D eigenvalue weighted by atomic mass is 10.1. The normalized spacial score (nSPS) is 10.6. The highest BCUT2D eigenvalue weighted by Gasteiger charge is 2.23. The van der Waals surface area contributed by atoms with E-state index in [4.69, 9.17) is 10.5 Å². The molecule has 10 heteroatoms. The zero-order valence-electron chi connectivity index (χ0n) is 18.4. The Kier molecular flexibility index (Phi) is 7.12. The highest BCUT2D eigenvalue weighted by molar-refractivity contribution is 6.10. The summed E-state index contributed by atoms with van der Waals surface area (Å²) in [5.74, 6) is -1.74. The first-order chi connectivity index (χ1) is 17.0. The number of nitrogens with zero attached hydrogens (tertiary/aromatic N) is 2. The third-order valence-corrected chi connectivity index (χ3v) is 4.97. The highest BCUT2D eigenvalue weighted by Crippen LogP contribution is 2.34. The van der Waals surface area contributed by atoms with Crippen molar-refractivity contribution in [2.24, 2.45) is 5.73 Å². The predicted octanol–water partition coefficient (Wildman–Crippen LogP) is 4.19. The first kappa shape index (κ1) is 23.6. The van der Waals surface area contributed by atoms with Crippen LogP contribution in [-0.2, 0) is 0 Å². The number of hydrogen-bond donors (Lipinski definition) is 3. The molecule has 2 aromatic heterocycles. The van der Waals surface area contributed by atoms with Crippen molar-refractivity contribution in [1.29, 1.82) is 0 Å². The largest absolute Gasteiger partial charge is 0.452 e. The number of H-pyrrole nitrogens is 1. The number of aromatic nitrogens is 2. The van der Waals surface area contributed by atoms with Crippen LogP contribution < -0.4 is 26.2 Å². The second-order valence-corrected chi connectivity index (χ2v) is 7.33. The zero-order chi connectivity index (χ0) is 24.8. The number of aromatic amines is 1. The molecule has 8 nitrogen and oxygen atoms in total. The first-order valence-electron chi connectivity index (χ1n) is 10.6. The number of pyridine rings is 2. The van der Waals surface area contributed by atoms with Gasteiger partial charge in [-0.3, -0.25) is 19.5 Å². The van der Waals surface area contributed by atoms with Gasteiger partial charge in [0.1, 0.15) is 11.4 Å². The van der Waals surface area contributed by atoms with Crippen molar-refractivity contribution in [2.75, 3.05) is 23.3 Å². The minimum atomic E-state index is -0.758. The molecule has 0 saturated carbocycles. The molecule has 4 aromatic rings. The Labute approximate surface area is 199 Å². The van der Waals surface area contributed by atoms with E-state index in [0.717, 1.165) is 23.1 Å². The Morgan fingerprint density at radius 1 is 1.06 bits per heavy atom. The highest BCUT2D eigenvalue weighted by atomic mass is 19.1. The maximum atomic E-state index is 15.2. The number of carbonyl (C=O) groups is 1. The molecule has 178 valence electrons. The molecular formula is C25H21F2N5O3. The molecule has 0 spiro atoms. The monoisotopic (exact) mass is 477 g/mol. The Bertz CT molecular complexity index is 1390. The Morgan fingerprint density at radius 3 is 2.54 bits per heavy atom. The topological polar surface area (TPSA) is 113 Å². The van der Waals surface area contributed by atoms with Gasteiger partial charge >= 0.3 is 0 Å². The van der Waals surface area contributed by atoms with E-state index in [1.165, 1.54) is 55.0 Å². The lowest BCUT2D eigenvalue weighted by Gasteiger charge is -2.23. The van der Waals surface area contributed by atoms with Gasteiger partial charge in [-0.25, -0.2) is 8.78 Å². The van der Waals surface area contributed by atoms with Crippen LogP contribution in [0.2, 0.25) is 0 Å². The van der Waals surface area contributed by atoms with Crippen LogP contribution in [-0.4, -0.2) is 29.0 Å². The number of amides is 1. The molecule has 0 fully saturated rings. The van der Waals surface area contributed by atoms with E-state index in [9.17, 15) is 14.0 Å². The van der Waals surface area contributed by atoms with E-state index in [0.29, 0.717) is 24.5 Å². The fourth-order valence-corrected chi connectivity index (χ4v) is 3.32. The van der Waals surface area contributed by atoms with Gasteiger partial charge in [-0.1, -0.05) is 0 Å². The maximum absolute atomic E-state index is 15.2. The minimum Gasteiger partial charge on any atom is -0.452 e. The van der Waals surface area contributed by atoms with Crippen molar-refractivity contribution in [3.05, 3.63) is 107 Å². The number of hydrogen-bond acceptors (Lipinski definition) is 6. The molecule has 0 aliphatic heterocycles. The average molecular weight is 477 g/mol. The molecule has 4 N–H and O–H groups in total. The van der Waals surface area contributed by atoms with E-state index in [1.807, 2.05) is 0 Å². The quantitative estimate of drug-likeness (QED) is 0.351. The first-order valence-corrected chi connectivity index (χ1v) is 10.6. The van der Waals surface area contributed by atoms with Crippen LogP contribution in [0.15, 0.2) is 84.0 Å². The molecule has 0 radical (unpaired) electrons. The SMILES string of the molecule is NCCNc1cnccc1Oc1ccc(N(C(=O)c2ccc[nH]c2=O)c2ccc(F)cc2)cc1F. The fourth-order valence-electron chi connectivity index (χ4n) is 3.32. The summed E-state index contributed by atoms with van der Waals surface area (Å²) in [6, 6.07) is 13.4. The third kappa shape index (κ3) is 5.33. The molecule has 0 aliphatic rings. The number of nitrogens with two attached hydrogens (primary N) is 1. The van der Waals surface area contributed by atoms with Crippen molar-refractivity contribution in [3.8, 4) is 11.5 Å². The Balaban J connectivity index is 1.71. The summed E-state index contributed by atoms with van der Waals surface area (Å²) >= 11 is 0. The van der Waals surface area contributed by atoms with Gasteiger partial charge in [0.2, 0.25) is 0 Å². The van der Waals surface area contributed by atoms with Gasteiger partial charge in [-0.2, -0.15) is 0 Å². The molecule has 2 aromatic carbocycles. The minimum absolute atomic E-state index is 0.0974. The third-order valence-electron chi connectivity index (χ3n) is 4.97. The van der Waals surface area contributed by atoms with Crippen molar-refractivity contribution in [3.63, 3.8) is 0 Å². The van der Waals surface area contributed by atoms with Gasteiger partial charge in [-0.15, -0.1) is 0 Å². The number of anilines is 3. The Hall–Kier alpha value is -4.57. The second-order valence-electron chi connectivity index (χ2n) is 7.33. The van der Waals surface area contributed by atoms with Gasteiger partial charge in [0, 0.05) is 43.3 Å². The van der Waals surface area contributed by atoms with Crippen LogP contribution in [0, 0.1) is 11.6 Å². The van der Waals surface area contributed by atoms with E-state index in [1.54, 1.807) is 6.07 Å². The summed E-state index contributed by atoms with van der Waals surface area (Å²) in [6.07, 6.45) is 4.42. The van der Waals surface area contributed by atoms with Crippen LogP contribution >= 0.6 is 0 Å². The summed E-state index contributed by atoms with van der Waals surface area (Å²) in [5.41, 5.74) is 5.65. The van der Waals surface area contributed by atoms with E-state index < -0.39 is 23.1 Å². The van der Waals surface area contributed by atoms with Crippen molar-refractivity contribution in [2.45, 2.75) is 0 Å². The molecule has 35 heavy (non-hydrogen) atoms. The van der Waals surface area contributed by atoms with Crippen molar-refractivity contribution < 1.29 is 18.3 Å². The summed E-state index contributed by atoms with van der Waals surface area (Å²) in [7, 11) is 0. The molecule has 0 unspecified atom stereocenters. The van der Waals surface area contributed by atoms with Gasteiger partial charge in [0.25, 0.3) is 11.5 Å². The second kappa shape index (κ2) is 10.6. The molecule has 4 rings (SSSR count). The van der Waals surface area contributed by atoms with Gasteiger partial charge in [-0.05, 0) is 48.5 Å². The number of benzene rings is 2. The fraction of sp³-hybridized carbons (Fsp3) is 0.0800. The smallest absolute Gasteiger partial charge is 0.268 e. The number of ether oxygens (including phenoxy) is 1. The average Bonchev–Trinajstić information content (AvgIpc) is 2.86. The molecular weight excluding hydrogens is 456 g/mol. The van der Waals surface area contributed by atoms with E-state index >= 15 is 4.39 Å². The van der Waals surface area contributed by atoms with E-state index in [2.05, 4.69) is 15.3 Å². The number of halogens is 2. The molecule has 0 bridgehead atoms. The molecule has 0 atom stereocenters. The van der Waals surface area contributed by atoms with Gasteiger partial charge in [0.15, 0.2) is 17.3 Å². The summed E-state index contributed by atoms with van der Waals surface area (Å²) in [6.45, 7) is 0.853. The Morgan fingerprint density at radius 2 is 1.83 bits per heavy atom. The summed E-state index contributed by atoms with van der Waals surface area (Å²) in [4.78, 5) is 33.1. The number of carbonyl (C=O) groups excluding carboxylic acids is 1. The molecule has 0 saturated heterocycles. The molecule has 2 heterocycles. The molecule has 0 aliphatic carbocycles. The lowest BCUT2D eigenvalue weighted by molar-refractivity contribution is 0.0997. The van der Waals surface area contributed by atoms with Crippen LogP contribution in [0.4, 0.5) is 25.8 Å². The number of rotatable bonds is 8. The summed E-state index contributed by atoms with van der Waals surface area (Å²) in [5, 5.41) is 3.05. The van der Waals surface area contributed by atoms with Gasteiger partial charge in [0.05, 0.1) is 17.6 Å². The predicted molar refractivity (Wildman–Crippen MR) is 128 cm³/mol. The van der Waals surface area contributed by atoms with Crippen LogP contribution in [0.5, 0.6) is 11.5 Å². The summed E-state index contributed by atoms with van der Waals surface area (Å²) < 4.78 is 34.4. The molecule has 1 amide bonds. The lowest BCUT2D eigenvalue weighted by Crippen LogP contribution is -2.31. The van der Waals surface area contributed by atoms with Crippen LogP contribution in [0.25, 0.3) is 0 Å². The zero-order valence-corrected chi connectivity index (χ0v) is 18.4. The van der Waals surface area contributed by atoms with E-state index in [-0.39, 0.29) is 22.7 Å². The number of nitrogens with one attached hydrogen (secondary N) is 2. The van der Waals surface area contributed by atoms with Crippen molar-refractivity contribution in [1.82, 2.24) is 9.97 Å². The maximum Gasteiger partial charge on any atom is 0.268 e. The standard InChI is InChI=1S/C25H21F2N5O3/c26-16-3-5-17(6-4-16)32(25(34)19-2-1-11-31-24(19)33)18-7-8-22(20(27)14-18)35-23-9-12-29-15-21(23)30-13-10-28/h1-9,11-12,14-15,30H,10,13,28H2,(H,31,33). The van der Waals surface area contributed by atoms with Gasteiger partial charge < -0.3 is 20.8 Å². The van der Waals surface area contributed by atoms with Crippen molar-refractivity contribution >= 4 is 23.0 Å². The van der Waals surface area contributed by atoms with Crippen LogP contribution in [0.3, 0.4) is 0 Å². The van der Waals surface area contributed by atoms with Crippen LogP contribution in [0.1, 0.15) is 10.4 Å².